The van der Waals surface area contributed by atoms with Crippen molar-refractivity contribution in [2.24, 2.45) is 0 Å². The van der Waals surface area contributed by atoms with Gasteiger partial charge >= 0.3 is 0 Å². The van der Waals surface area contributed by atoms with E-state index in [1.54, 1.807) is 17.5 Å². The molecule has 17 heavy (non-hydrogen) atoms. The van der Waals surface area contributed by atoms with Crippen LogP contribution in [0.3, 0.4) is 0 Å². The molecule has 0 aromatic carbocycles. The summed E-state index contributed by atoms with van der Waals surface area (Å²) in [5.74, 6) is 0. The van der Waals surface area contributed by atoms with Crippen molar-refractivity contribution < 1.29 is 0 Å². The van der Waals surface area contributed by atoms with Crippen LogP contribution in [0.4, 0.5) is 0 Å². The summed E-state index contributed by atoms with van der Waals surface area (Å²) in [6, 6.07) is 2.47. The molecule has 2 heterocycles. The van der Waals surface area contributed by atoms with Crippen LogP contribution in [-0.2, 0) is 6.54 Å². The minimum atomic E-state index is 0.328. The molecule has 90 valence electrons. The monoisotopic (exact) mass is 311 g/mol. The Bertz CT molecular complexity index is 481. The minimum Gasteiger partial charge on any atom is -0.304 e. The van der Waals surface area contributed by atoms with E-state index in [0.717, 1.165) is 22.4 Å². The Balaban J connectivity index is 1.92. The van der Waals surface area contributed by atoms with E-state index in [1.807, 2.05) is 13.1 Å². The maximum Gasteiger partial charge on any atom is 0.0724 e. The third-order valence-electron chi connectivity index (χ3n) is 2.44. The van der Waals surface area contributed by atoms with Gasteiger partial charge in [0.05, 0.1) is 11.4 Å². The molecule has 0 amide bonds. The Morgan fingerprint density at radius 3 is 2.82 bits per heavy atom. The first-order chi connectivity index (χ1) is 8.15. The van der Waals surface area contributed by atoms with Gasteiger partial charge in [-0.1, -0.05) is 0 Å². The van der Waals surface area contributed by atoms with E-state index in [0.29, 0.717) is 6.04 Å². The lowest BCUT2D eigenvalue weighted by atomic mass is 10.2. The van der Waals surface area contributed by atoms with Gasteiger partial charge in [-0.05, 0) is 35.8 Å². The summed E-state index contributed by atoms with van der Waals surface area (Å²) in [6.07, 6.45) is 3.61. The van der Waals surface area contributed by atoms with Crippen LogP contribution in [0.5, 0.6) is 0 Å². The summed E-state index contributed by atoms with van der Waals surface area (Å²) in [6.45, 7) is 4.83. The number of halogens is 1. The molecule has 1 N–H and O–H groups in total. The lowest BCUT2D eigenvalue weighted by molar-refractivity contribution is 0.574. The molecule has 3 nitrogen and oxygen atoms in total. The first kappa shape index (κ1) is 12.7. The molecule has 1 atom stereocenters. The topological polar surface area (TPSA) is 37.8 Å². The maximum atomic E-state index is 4.32. The van der Waals surface area contributed by atoms with Crippen LogP contribution in [0.15, 0.2) is 28.3 Å². The second-order valence-corrected chi connectivity index (χ2v) is 5.78. The summed E-state index contributed by atoms with van der Waals surface area (Å²) in [5.41, 5.74) is 1.92. The highest BCUT2D eigenvalue weighted by molar-refractivity contribution is 9.10. The van der Waals surface area contributed by atoms with E-state index in [4.69, 9.17) is 0 Å². The van der Waals surface area contributed by atoms with Gasteiger partial charge in [0.1, 0.15) is 0 Å². The highest BCUT2D eigenvalue weighted by Gasteiger charge is 2.07. The molecular weight excluding hydrogens is 298 g/mol. The number of hydrogen-bond donors (Lipinski definition) is 1. The van der Waals surface area contributed by atoms with Gasteiger partial charge in [0.15, 0.2) is 0 Å². The molecule has 0 fully saturated rings. The lowest BCUT2D eigenvalue weighted by Crippen LogP contribution is -2.18. The first-order valence-electron chi connectivity index (χ1n) is 5.40. The average molecular weight is 312 g/mol. The predicted molar refractivity (Wildman–Crippen MR) is 74.0 cm³/mol. The van der Waals surface area contributed by atoms with Gasteiger partial charge < -0.3 is 5.32 Å². The zero-order valence-electron chi connectivity index (χ0n) is 9.77. The second-order valence-electron chi connectivity index (χ2n) is 3.92. The predicted octanol–water partition coefficient (Wildman–Crippen LogP) is 3.46. The molecule has 0 aliphatic rings. The van der Waals surface area contributed by atoms with Crippen molar-refractivity contribution in [1.82, 2.24) is 15.3 Å². The molecule has 2 aromatic heterocycles. The molecule has 2 aromatic rings. The van der Waals surface area contributed by atoms with Gasteiger partial charge in [-0.2, -0.15) is 0 Å². The van der Waals surface area contributed by atoms with Crippen molar-refractivity contribution in [3.63, 3.8) is 0 Å². The van der Waals surface area contributed by atoms with Crippen molar-refractivity contribution in [3.05, 3.63) is 44.6 Å². The Labute approximate surface area is 113 Å². The molecule has 5 heteroatoms. The van der Waals surface area contributed by atoms with E-state index >= 15 is 0 Å². The standard InChI is InChI=1S/C12H14BrN3S/c1-8-4-16-11(5-14-8)6-15-9(2)12-3-10(13)7-17-12/h3-5,7,9,15H,6H2,1-2H3. The number of rotatable bonds is 4. The van der Waals surface area contributed by atoms with E-state index in [-0.39, 0.29) is 0 Å². The number of hydrogen-bond acceptors (Lipinski definition) is 4. The largest absolute Gasteiger partial charge is 0.304 e. The SMILES string of the molecule is Cc1cnc(CNC(C)c2cc(Br)cs2)cn1. The fraction of sp³-hybridized carbons (Fsp3) is 0.333. The van der Waals surface area contributed by atoms with Crippen molar-refractivity contribution in [1.29, 1.82) is 0 Å². The molecular formula is C12H14BrN3S. The quantitative estimate of drug-likeness (QED) is 0.939. The second kappa shape index (κ2) is 5.71. The number of nitrogens with one attached hydrogen (secondary N) is 1. The van der Waals surface area contributed by atoms with Crippen LogP contribution in [0.1, 0.15) is 29.2 Å². The fourth-order valence-corrected chi connectivity index (χ4v) is 2.90. The molecule has 2 rings (SSSR count). The van der Waals surface area contributed by atoms with Crippen molar-refractivity contribution in [2.75, 3.05) is 0 Å². The Morgan fingerprint density at radius 2 is 2.24 bits per heavy atom. The first-order valence-corrected chi connectivity index (χ1v) is 7.07. The smallest absolute Gasteiger partial charge is 0.0724 e. The molecule has 0 aliphatic heterocycles. The third kappa shape index (κ3) is 3.59. The van der Waals surface area contributed by atoms with E-state index < -0.39 is 0 Å². The summed E-state index contributed by atoms with van der Waals surface area (Å²) < 4.78 is 1.14. The van der Waals surface area contributed by atoms with Crippen LogP contribution >= 0.6 is 27.3 Å². The zero-order chi connectivity index (χ0) is 12.3. The molecule has 0 spiro atoms. The zero-order valence-corrected chi connectivity index (χ0v) is 12.2. The molecule has 0 saturated carbocycles. The Hall–Kier alpha value is -0.780. The van der Waals surface area contributed by atoms with Gasteiger partial charge in [0.2, 0.25) is 0 Å². The molecule has 0 aliphatic carbocycles. The van der Waals surface area contributed by atoms with Crippen molar-refractivity contribution in [2.45, 2.75) is 26.4 Å². The van der Waals surface area contributed by atoms with Gasteiger partial charge in [-0.25, -0.2) is 0 Å². The van der Waals surface area contributed by atoms with Gasteiger partial charge in [-0.15, -0.1) is 11.3 Å². The number of nitrogens with zero attached hydrogens (tertiary/aromatic N) is 2. The fourth-order valence-electron chi connectivity index (χ4n) is 1.42. The van der Waals surface area contributed by atoms with E-state index in [1.165, 1.54) is 4.88 Å². The molecule has 0 saturated heterocycles. The Morgan fingerprint density at radius 1 is 1.41 bits per heavy atom. The highest BCUT2D eigenvalue weighted by atomic mass is 79.9. The normalized spacial score (nSPS) is 12.6. The maximum absolute atomic E-state index is 4.32. The van der Waals surface area contributed by atoms with E-state index in [2.05, 4.69) is 49.6 Å². The molecule has 0 radical (unpaired) electrons. The molecule has 1 unspecified atom stereocenters. The van der Waals surface area contributed by atoms with Crippen LogP contribution in [-0.4, -0.2) is 9.97 Å². The van der Waals surface area contributed by atoms with Crippen molar-refractivity contribution in [3.8, 4) is 0 Å². The van der Waals surface area contributed by atoms with Crippen LogP contribution in [0.2, 0.25) is 0 Å². The third-order valence-corrected chi connectivity index (χ3v) is 4.31. The van der Waals surface area contributed by atoms with Crippen LogP contribution < -0.4 is 5.32 Å². The van der Waals surface area contributed by atoms with Gasteiger partial charge in [0.25, 0.3) is 0 Å². The van der Waals surface area contributed by atoms with Crippen LogP contribution in [0, 0.1) is 6.92 Å². The van der Waals surface area contributed by atoms with E-state index in [9.17, 15) is 0 Å². The summed E-state index contributed by atoms with van der Waals surface area (Å²) in [5, 5.41) is 5.53. The average Bonchev–Trinajstić information content (AvgIpc) is 2.75. The molecule has 0 bridgehead atoms. The summed E-state index contributed by atoms with van der Waals surface area (Å²) >= 11 is 5.21. The van der Waals surface area contributed by atoms with Gasteiger partial charge in [-0.3, -0.25) is 9.97 Å². The Kier molecular flexibility index (Phi) is 4.25. The number of thiophene rings is 1. The lowest BCUT2D eigenvalue weighted by Gasteiger charge is -2.11. The van der Waals surface area contributed by atoms with Crippen molar-refractivity contribution >= 4 is 27.3 Å². The number of aryl methyl sites for hydroxylation is 1. The summed E-state index contributed by atoms with van der Waals surface area (Å²) in [4.78, 5) is 9.86. The summed E-state index contributed by atoms with van der Waals surface area (Å²) in [7, 11) is 0. The minimum absolute atomic E-state index is 0.328. The van der Waals surface area contributed by atoms with Gasteiger partial charge in [0, 0.05) is 39.7 Å². The van der Waals surface area contributed by atoms with Crippen LogP contribution in [0.25, 0.3) is 0 Å². The number of aromatic nitrogens is 2. The highest BCUT2D eigenvalue weighted by Crippen LogP contribution is 2.25.